The summed E-state index contributed by atoms with van der Waals surface area (Å²) in [6.45, 7) is -0.899. The number of aliphatic hydroxyl groups is 5. The predicted molar refractivity (Wildman–Crippen MR) is 124 cm³/mol. The molecule has 0 spiro atoms. The molecule has 0 aromatic carbocycles. The van der Waals surface area contributed by atoms with Crippen molar-refractivity contribution < 1.29 is 60.8 Å². The van der Waals surface area contributed by atoms with Crippen molar-refractivity contribution in [3.05, 3.63) is 0 Å². The number of unbranched alkanes of at least 4 members (excludes halogenated alkanes) is 7. The quantitative estimate of drug-likeness (QED) is 0.0821. The van der Waals surface area contributed by atoms with Crippen molar-refractivity contribution in [3.8, 4) is 0 Å². The Morgan fingerprint density at radius 2 is 1.31 bits per heavy atom. The fraction of sp³-hybridized carbons (Fsp3) is 1.00. The van der Waals surface area contributed by atoms with Crippen LogP contribution in [-0.4, -0.2) is 107 Å². The topological polar surface area (TPSA) is 192 Å². The molecule has 0 saturated carbocycles. The first kappa shape index (κ1) is 39.1. The minimum Gasteiger partial charge on any atom is -0.759 e. The number of nitrogens with one attached hydrogen (secondary N) is 2. The van der Waals surface area contributed by atoms with Gasteiger partial charge in [0.1, 0.15) is 31.0 Å². The van der Waals surface area contributed by atoms with Crippen molar-refractivity contribution in [1.29, 1.82) is 0 Å². The molecule has 6 atom stereocenters. The van der Waals surface area contributed by atoms with Gasteiger partial charge in [0.15, 0.2) is 0 Å². The van der Waals surface area contributed by atoms with Gasteiger partial charge in [-0.3, -0.25) is 4.21 Å². The molecule has 0 saturated heterocycles. The third-order valence-corrected chi connectivity index (χ3v) is 6.31. The Morgan fingerprint density at radius 1 is 0.914 bits per heavy atom. The van der Waals surface area contributed by atoms with Gasteiger partial charge >= 0.3 is 6.68 Å². The molecule has 0 fully saturated rings. The number of aliphatic hydroxyl groups excluding tert-OH is 5. The van der Waals surface area contributed by atoms with Gasteiger partial charge in [0.2, 0.25) is 10.0 Å². The molecular formula is C19H43F3N2O9S2. The smallest absolute Gasteiger partial charge is 0.379 e. The van der Waals surface area contributed by atoms with E-state index < -0.39 is 59.0 Å². The van der Waals surface area contributed by atoms with Crippen molar-refractivity contribution >= 4 is 21.3 Å². The number of rotatable bonds is 17. The Kier molecular flexibility index (Phi) is 26.7. The van der Waals surface area contributed by atoms with E-state index in [0.717, 1.165) is 24.1 Å². The lowest BCUT2D eigenvalue weighted by molar-refractivity contribution is -0.883. The molecule has 0 aliphatic heterocycles. The van der Waals surface area contributed by atoms with E-state index in [1.807, 2.05) is 7.05 Å². The van der Waals surface area contributed by atoms with E-state index >= 15 is 0 Å². The van der Waals surface area contributed by atoms with Crippen molar-refractivity contribution in [3.63, 3.8) is 0 Å². The summed E-state index contributed by atoms with van der Waals surface area (Å²) in [5, 5.41) is 47.3. The lowest BCUT2D eigenvalue weighted by Crippen LogP contribution is -3.10. The molecule has 0 aliphatic rings. The van der Waals surface area contributed by atoms with Gasteiger partial charge in [-0.2, -0.15) is 13.2 Å². The normalized spacial score (nSPS) is 16.7. The molecule has 0 amide bonds. The van der Waals surface area contributed by atoms with Crippen LogP contribution in [0.1, 0.15) is 58.3 Å². The zero-order valence-electron chi connectivity index (χ0n) is 20.5. The number of alkyl halides is 3. The molecule has 7 N–H and O–H groups in total. The van der Waals surface area contributed by atoms with E-state index in [0.29, 0.717) is 6.54 Å². The van der Waals surface area contributed by atoms with Crippen LogP contribution in [0.25, 0.3) is 0 Å². The van der Waals surface area contributed by atoms with Crippen LogP contribution in [0.5, 0.6) is 0 Å². The highest BCUT2D eigenvalue weighted by molar-refractivity contribution is 7.99. The van der Waals surface area contributed by atoms with Gasteiger partial charge in [-0.1, -0.05) is 45.4 Å². The average molecular weight is 565 g/mol. The first-order valence-electron chi connectivity index (χ1n) is 11.2. The highest BCUT2D eigenvalue weighted by Gasteiger charge is 2.31. The molecule has 216 valence electrons. The third kappa shape index (κ3) is 31.5. The average Bonchev–Trinajstić information content (AvgIpc) is 2.72. The van der Waals surface area contributed by atoms with Gasteiger partial charge in [-0.15, -0.1) is 4.13 Å². The van der Waals surface area contributed by atoms with Crippen molar-refractivity contribution in [2.75, 3.05) is 33.0 Å². The zero-order valence-corrected chi connectivity index (χ0v) is 22.1. The fourth-order valence-corrected chi connectivity index (χ4v) is 3.82. The van der Waals surface area contributed by atoms with Gasteiger partial charge in [0, 0.05) is 11.3 Å². The summed E-state index contributed by atoms with van der Waals surface area (Å²) in [6.07, 6.45) is 5.21. The maximum atomic E-state index is 9.94. The monoisotopic (exact) mass is 564 g/mol. The molecule has 0 aliphatic carbocycles. The maximum absolute atomic E-state index is 9.94. The summed E-state index contributed by atoms with van der Waals surface area (Å²) >= 11 is -2.72. The first-order chi connectivity index (χ1) is 16.1. The highest BCUT2D eigenvalue weighted by Crippen LogP contribution is 2.08. The number of hydrogen-bond donors (Lipinski definition) is 7. The van der Waals surface area contributed by atoms with Crippen LogP contribution >= 0.6 is 0 Å². The van der Waals surface area contributed by atoms with Gasteiger partial charge in [-0.25, -0.2) is 8.42 Å². The Labute approximate surface area is 208 Å². The Hall–Kier alpha value is -0.430. The fourth-order valence-electron chi connectivity index (χ4n) is 2.83. The van der Waals surface area contributed by atoms with Crippen LogP contribution in [0.4, 0.5) is 13.2 Å². The van der Waals surface area contributed by atoms with Crippen LogP contribution < -0.4 is 9.03 Å². The van der Waals surface area contributed by atoms with E-state index in [2.05, 4.69) is 6.92 Å². The van der Waals surface area contributed by atoms with Gasteiger partial charge in [-0.05, 0) is 12.8 Å². The number of likely N-dealkylation sites (N-methyl/N-ethyl adjacent to an activating group) is 1. The molecule has 0 heterocycles. The molecule has 11 nitrogen and oxygen atoms in total. The summed E-state index contributed by atoms with van der Waals surface area (Å²) in [6, 6.07) is 0. The summed E-state index contributed by atoms with van der Waals surface area (Å²) in [5.41, 5.74) is 0. The summed E-state index contributed by atoms with van der Waals surface area (Å²) in [7, 11) is -1.65. The summed E-state index contributed by atoms with van der Waals surface area (Å²) < 4.78 is 69.2. The minimum atomic E-state index is -3.67. The summed E-state index contributed by atoms with van der Waals surface area (Å²) in [5.74, 6) is 0. The van der Waals surface area contributed by atoms with E-state index in [1.165, 1.54) is 49.1 Å². The Balaban J connectivity index is -0.000000701. The molecule has 35 heavy (non-hydrogen) atoms. The molecule has 0 radical (unpaired) electrons. The summed E-state index contributed by atoms with van der Waals surface area (Å²) in [4.78, 5) is 1.08. The Morgan fingerprint density at radius 3 is 1.66 bits per heavy atom. The van der Waals surface area contributed by atoms with Crippen LogP contribution in [0.15, 0.2) is 0 Å². The van der Waals surface area contributed by atoms with Gasteiger partial charge < -0.3 is 35.0 Å². The number of hydrogen-bond acceptors (Lipinski definition) is 9. The Bertz CT molecular complexity index is 605. The van der Waals surface area contributed by atoms with E-state index in [-0.39, 0.29) is 0 Å². The molecule has 16 heteroatoms. The van der Waals surface area contributed by atoms with Gasteiger partial charge in [0.05, 0.1) is 26.5 Å². The molecule has 0 aromatic rings. The maximum Gasteiger partial charge on any atom is 0.379 e. The van der Waals surface area contributed by atoms with E-state index in [1.54, 1.807) is 0 Å². The highest BCUT2D eigenvalue weighted by atomic mass is 32.3. The number of sulfonamides is 1. The standard InChI is InChI=1S/C17H37NO5.CHF3.CH5NO4S2/c1-3-4-5-6-7-8-9-10-11-18(2)12-14(20)16(22)17(23)15(21)13-19;2-1(3)4;1-8(5,6)2-7(3)4/h14-17,19-23H,3-13H2,1-2H3;1H;2H,1H3,(H,3,4). The second kappa shape index (κ2) is 23.9. The minimum absolute atomic E-state index is 0.298. The van der Waals surface area contributed by atoms with Gasteiger partial charge in [0.25, 0.3) is 0 Å². The van der Waals surface area contributed by atoms with Crippen molar-refractivity contribution in [2.24, 2.45) is 0 Å². The second-order valence-corrected chi connectivity index (χ2v) is 10.7. The SMILES string of the molecule is CCCCCCCCCC[NH+](C)CC(O)C(O)C(O)C(O)CO.CS(=O)(=O)NS(=O)[O-].FC(F)F. The van der Waals surface area contributed by atoms with E-state index in [4.69, 9.17) is 5.11 Å². The number of quaternary nitrogens is 1. The van der Waals surface area contributed by atoms with Crippen molar-refractivity contribution in [2.45, 2.75) is 89.4 Å². The molecule has 6 unspecified atom stereocenters. The first-order valence-corrected chi connectivity index (χ1v) is 14.2. The van der Waals surface area contributed by atoms with E-state index in [9.17, 15) is 50.8 Å². The van der Waals surface area contributed by atoms with Crippen LogP contribution in [0, 0.1) is 0 Å². The van der Waals surface area contributed by atoms with Crippen LogP contribution in [0.2, 0.25) is 0 Å². The molecule has 0 aromatic heterocycles. The molecule has 0 rings (SSSR count). The third-order valence-electron chi connectivity index (χ3n) is 4.56. The van der Waals surface area contributed by atoms with Crippen LogP contribution in [-0.2, 0) is 21.3 Å². The zero-order chi connectivity index (χ0) is 28.0. The predicted octanol–water partition coefficient (Wildman–Crippen LogP) is -1.41. The number of halogens is 3. The molecular weight excluding hydrogens is 521 g/mol. The largest absolute Gasteiger partial charge is 0.759 e. The second-order valence-electron chi connectivity index (χ2n) is 8.02. The van der Waals surface area contributed by atoms with Crippen LogP contribution in [0.3, 0.4) is 0 Å². The lowest BCUT2D eigenvalue weighted by atomic mass is 10.0. The molecule has 0 bridgehead atoms. The van der Waals surface area contributed by atoms with Crippen molar-refractivity contribution in [1.82, 2.24) is 4.13 Å². The lowest BCUT2D eigenvalue weighted by Gasteiger charge is -2.27.